The molecular weight excluding hydrogens is 358 g/mol. The van der Waals surface area contributed by atoms with Crippen molar-refractivity contribution < 1.29 is 0 Å². The Morgan fingerprint density at radius 1 is 1.07 bits per heavy atom. The van der Waals surface area contributed by atoms with E-state index in [4.69, 9.17) is 5.26 Å². The predicted octanol–water partition coefficient (Wildman–Crippen LogP) is 4.60. The summed E-state index contributed by atoms with van der Waals surface area (Å²) in [7, 11) is 0. The summed E-state index contributed by atoms with van der Waals surface area (Å²) in [5.74, 6) is 0. The number of nitriles is 2. The van der Waals surface area contributed by atoms with Crippen LogP contribution >= 0.6 is 0 Å². The predicted molar refractivity (Wildman–Crippen MR) is 118 cm³/mol. The first kappa shape index (κ1) is 18.7. The lowest BCUT2D eigenvalue weighted by Crippen LogP contribution is -2.31. The summed E-state index contributed by atoms with van der Waals surface area (Å²) in [6, 6.07) is 8.42. The van der Waals surface area contributed by atoms with E-state index in [0.717, 1.165) is 30.9 Å². The zero-order chi connectivity index (χ0) is 20.2. The minimum Gasteiger partial charge on any atom is -0.367 e. The summed E-state index contributed by atoms with van der Waals surface area (Å²) in [5, 5.41) is 18.4. The Morgan fingerprint density at radius 3 is 2.69 bits per heavy atom. The first-order valence-electron chi connectivity index (χ1n) is 9.77. The van der Waals surface area contributed by atoms with Crippen LogP contribution in [-0.4, -0.2) is 24.5 Å². The monoisotopic (exact) mass is 379 g/mol. The molecule has 1 aromatic carbocycles. The molecule has 0 N–H and O–H groups in total. The number of rotatable bonds is 3. The summed E-state index contributed by atoms with van der Waals surface area (Å²) >= 11 is 0. The van der Waals surface area contributed by atoms with E-state index >= 15 is 0 Å². The van der Waals surface area contributed by atoms with Crippen LogP contribution in [-0.2, 0) is 6.42 Å². The Kier molecular flexibility index (Phi) is 5.22. The van der Waals surface area contributed by atoms with E-state index in [2.05, 4.69) is 45.2 Å². The van der Waals surface area contributed by atoms with Crippen molar-refractivity contribution in [1.29, 1.82) is 10.5 Å². The van der Waals surface area contributed by atoms with E-state index in [9.17, 15) is 5.26 Å². The molecule has 0 aliphatic carbocycles. The summed E-state index contributed by atoms with van der Waals surface area (Å²) in [5.41, 5.74) is 6.94. The van der Waals surface area contributed by atoms with Crippen molar-refractivity contribution in [3.05, 3.63) is 64.5 Å². The first-order chi connectivity index (χ1) is 14.2. The maximum absolute atomic E-state index is 9.23. The van der Waals surface area contributed by atoms with Crippen molar-refractivity contribution in [2.45, 2.75) is 26.2 Å². The van der Waals surface area contributed by atoms with Crippen LogP contribution in [0, 0.1) is 22.7 Å². The van der Waals surface area contributed by atoms with Gasteiger partial charge in [0, 0.05) is 36.6 Å². The average molecular weight is 379 g/mol. The largest absolute Gasteiger partial charge is 0.367 e. The minimum absolute atomic E-state index is 0.0677. The number of aryl methyl sites for hydroxylation is 1. The van der Waals surface area contributed by atoms with Crippen molar-refractivity contribution in [3.63, 3.8) is 0 Å². The number of nitrogens with zero attached hydrogens (tertiary/aromatic N) is 5. The van der Waals surface area contributed by atoms with E-state index in [0.29, 0.717) is 6.42 Å². The standard InChI is InChI=1S/C24H21N5/c1-17-12-21(28-23(16-26)22(15-25)27-17)9-3-2-6-18-13-19-7-4-10-29-11-5-8-20(14-18)24(19)29/h2-4,6-7,9,13-14H,5,8,10-12H2,1H3/b6-2+,9-3+. The van der Waals surface area contributed by atoms with Crippen molar-refractivity contribution >= 4 is 29.3 Å². The van der Waals surface area contributed by atoms with Crippen molar-refractivity contribution in [1.82, 2.24) is 0 Å². The van der Waals surface area contributed by atoms with Gasteiger partial charge in [0.25, 0.3) is 0 Å². The van der Waals surface area contributed by atoms with Gasteiger partial charge >= 0.3 is 0 Å². The average Bonchev–Trinajstić information content (AvgIpc) is 2.89. The molecule has 0 amide bonds. The molecule has 0 saturated carbocycles. The van der Waals surface area contributed by atoms with Crippen molar-refractivity contribution in [3.8, 4) is 12.1 Å². The van der Waals surface area contributed by atoms with Crippen LogP contribution in [0.2, 0.25) is 0 Å². The van der Waals surface area contributed by atoms with E-state index in [-0.39, 0.29) is 11.4 Å². The van der Waals surface area contributed by atoms with Crippen LogP contribution in [0.4, 0.5) is 5.69 Å². The SMILES string of the molecule is CC1=NC(C#N)=C(C#N)N=C(/C=C/C=C/c2cc3c4c(c2)CCCN4CC=C3)C1. The number of aliphatic imine (C=N–C) groups is 2. The highest BCUT2D eigenvalue weighted by molar-refractivity contribution is 6.10. The van der Waals surface area contributed by atoms with Gasteiger partial charge in [-0.3, -0.25) is 0 Å². The lowest BCUT2D eigenvalue weighted by atomic mass is 9.93. The maximum Gasteiger partial charge on any atom is 0.177 e. The summed E-state index contributed by atoms with van der Waals surface area (Å²) in [6.45, 7) is 3.99. The molecule has 0 radical (unpaired) electrons. The quantitative estimate of drug-likeness (QED) is 0.720. The highest BCUT2D eigenvalue weighted by Crippen LogP contribution is 2.35. The lowest BCUT2D eigenvalue weighted by Gasteiger charge is -2.34. The summed E-state index contributed by atoms with van der Waals surface area (Å²) in [4.78, 5) is 10.9. The van der Waals surface area contributed by atoms with Crippen molar-refractivity contribution in [2.24, 2.45) is 9.98 Å². The highest BCUT2D eigenvalue weighted by Gasteiger charge is 2.21. The zero-order valence-corrected chi connectivity index (χ0v) is 16.4. The van der Waals surface area contributed by atoms with Crippen LogP contribution in [0.15, 0.2) is 57.8 Å². The number of benzene rings is 1. The molecule has 0 spiro atoms. The van der Waals surface area contributed by atoms with Gasteiger partial charge < -0.3 is 4.90 Å². The highest BCUT2D eigenvalue weighted by atomic mass is 15.1. The smallest absolute Gasteiger partial charge is 0.177 e. The Hall–Kier alpha value is -3.70. The summed E-state index contributed by atoms with van der Waals surface area (Å²) < 4.78 is 0. The zero-order valence-electron chi connectivity index (χ0n) is 16.4. The van der Waals surface area contributed by atoms with E-state index < -0.39 is 0 Å². The minimum atomic E-state index is 0.0677. The van der Waals surface area contributed by atoms with Crippen LogP contribution < -0.4 is 4.90 Å². The number of hydrogen-bond acceptors (Lipinski definition) is 5. The first-order valence-corrected chi connectivity index (χ1v) is 9.77. The van der Waals surface area contributed by atoms with Gasteiger partial charge in [-0.2, -0.15) is 10.5 Å². The van der Waals surface area contributed by atoms with Crippen LogP contribution in [0.25, 0.3) is 12.2 Å². The molecule has 0 saturated heterocycles. The van der Waals surface area contributed by atoms with E-state index in [1.807, 2.05) is 37.3 Å². The van der Waals surface area contributed by atoms with E-state index in [1.54, 1.807) is 0 Å². The third-order valence-corrected chi connectivity index (χ3v) is 5.17. The van der Waals surface area contributed by atoms with Gasteiger partial charge in [-0.05, 0) is 54.7 Å². The normalized spacial score (nSPS) is 18.2. The Balaban J connectivity index is 1.55. The second-order valence-electron chi connectivity index (χ2n) is 7.34. The fraction of sp³-hybridized carbons (Fsp3) is 0.250. The maximum atomic E-state index is 9.23. The molecule has 29 heavy (non-hydrogen) atoms. The molecule has 0 atom stereocenters. The second-order valence-corrected chi connectivity index (χ2v) is 7.34. The molecule has 142 valence electrons. The van der Waals surface area contributed by atoms with Gasteiger partial charge in [0.05, 0.1) is 0 Å². The van der Waals surface area contributed by atoms with Gasteiger partial charge in [-0.25, -0.2) is 9.98 Å². The van der Waals surface area contributed by atoms with E-state index in [1.165, 1.54) is 28.8 Å². The topological polar surface area (TPSA) is 75.5 Å². The van der Waals surface area contributed by atoms with Crippen LogP contribution in [0.5, 0.6) is 0 Å². The molecule has 0 bridgehead atoms. The third-order valence-electron chi connectivity index (χ3n) is 5.17. The summed E-state index contributed by atoms with van der Waals surface area (Å²) in [6.07, 6.45) is 15.2. The van der Waals surface area contributed by atoms with Gasteiger partial charge in [0.15, 0.2) is 11.4 Å². The van der Waals surface area contributed by atoms with Crippen LogP contribution in [0.1, 0.15) is 36.5 Å². The molecule has 5 nitrogen and oxygen atoms in total. The molecule has 0 fully saturated rings. The lowest BCUT2D eigenvalue weighted by molar-refractivity contribution is 0.718. The van der Waals surface area contributed by atoms with Gasteiger partial charge in [-0.1, -0.05) is 30.4 Å². The number of anilines is 1. The molecule has 4 rings (SSSR count). The third kappa shape index (κ3) is 3.95. The fourth-order valence-corrected chi connectivity index (χ4v) is 3.97. The Bertz CT molecular complexity index is 1110. The van der Waals surface area contributed by atoms with Crippen LogP contribution in [0.3, 0.4) is 0 Å². The molecule has 1 aromatic rings. The molecular formula is C24H21N5. The Morgan fingerprint density at radius 2 is 1.86 bits per heavy atom. The molecule has 0 unspecified atom stereocenters. The van der Waals surface area contributed by atoms with Crippen molar-refractivity contribution in [2.75, 3.05) is 18.0 Å². The molecule has 5 heteroatoms. The van der Waals surface area contributed by atoms with Gasteiger partial charge in [-0.15, -0.1) is 0 Å². The Labute approximate surface area is 171 Å². The number of allylic oxidation sites excluding steroid dienone is 5. The molecule has 3 heterocycles. The fourth-order valence-electron chi connectivity index (χ4n) is 3.97. The second kappa shape index (κ2) is 8.12. The van der Waals surface area contributed by atoms with Gasteiger partial charge in [0.2, 0.25) is 0 Å². The molecule has 0 aromatic heterocycles. The van der Waals surface area contributed by atoms with Gasteiger partial charge in [0.1, 0.15) is 12.1 Å². The molecule has 3 aliphatic rings. The molecule has 3 aliphatic heterocycles. The number of hydrogen-bond donors (Lipinski definition) is 0.